The molecule has 0 saturated heterocycles. The van der Waals surface area contributed by atoms with Crippen LogP contribution < -0.4 is 5.32 Å². The number of likely N-dealkylation sites (N-methyl/N-ethyl adjacent to an activating group) is 1. The molecule has 0 bridgehead atoms. The highest BCUT2D eigenvalue weighted by Crippen LogP contribution is 1.96. The number of ether oxygens (including phenoxy) is 1. The molecule has 4 heteroatoms. The van der Waals surface area contributed by atoms with Crippen molar-refractivity contribution in [3.63, 3.8) is 0 Å². The summed E-state index contributed by atoms with van der Waals surface area (Å²) >= 11 is 0. The molecule has 0 aromatic heterocycles. The molecular formula is C14H30N2O2. The Morgan fingerprint density at radius 3 is 2.33 bits per heavy atom. The van der Waals surface area contributed by atoms with Crippen molar-refractivity contribution < 1.29 is 9.53 Å². The molecule has 1 atom stereocenters. The number of rotatable bonds is 10. The number of hydrogen-bond acceptors (Lipinski definition) is 3. The predicted octanol–water partition coefficient (Wildman–Crippen LogP) is 1.90. The van der Waals surface area contributed by atoms with Crippen LogP contribution in [0.25, 0.3) is 0 Å². The molecule has 1 amide bonds. The van der Waals surface area contributed by atoms with E-state index in [1.807, 2.05) is 25.7 Å². The quantitative estimate of drug-likeness (QED) is 0.609. The van der Waals surface area contributed by atoms with Crippen LogP contribution in [0.2, 0.25) is 0 Å². The van der Waals surface area contributed by atoms with Crippen molar-refractivity contribution in [3.05, 3.63) is 0 Å². The van der Waals surface area contributed by atoms with Gasteiger partial charge >= 0.3 is 0 Å². The minimum atomic E-state index is -0.102. The minimum Gasteiger partial charge on any atom is -0.381 e. The van der Waals surface area contributed by atoms with E-state index in [0.29, 0.717) is 5.92 Å². The normalized spacial score (nSPS) is 12.8. The van der Waals surface area contributed by atoms with Gasteiger partial charge in [-0.1, -0.05) is 13.8 Å². The fourth-order valence-corrected chi connectivity index (χ4v) is 1.71. The fraction of sp³-hybridized carbons (Fsp3) is 0.929. The number of nitrogens with one attached hydrogen (secondary N) is 1. The fourth-order valence-electron chi connectivity index (χ4n) is 1.71. The van der Waals surface area contributed by atoms with Gasteiger partial charge in [-0.25, -0.2) is 0 Å². The molecule has 0 heterocycles. The van der Waals surface area contributed by atoms with Crippen molar-refractivity contribution in [3.8, 4) is 0 Å². The molecule has 108 valence electrons. The molecule has 1 N–H and O–H groups in total. The van der Waals surface area contributed by atoms with Crippen LogP contribution in [-0.2, 0) is 9.53 Å². The third-order valence-corrected chi connectivity index (χ3v) is 2.81. The Hall–Kier alpha value is -0.610. The first-order valence-corrected chi connectivity index (χ1v) is 7.12. The Morgan fingerprint density at radius 1 is 1.22 bits per heavy atom. The van der Waals surface area contributed by atoms with Crippen LogP contribution in [0.5, 0.6) is 0 Å². The van der Waals surface area contributed by atoms with Gasteiger partial charge in [0.2, 0.25) is 5.91 Å². The highest BCUT2D eigenvalue weighted by atomic mass is 16.5. The first-order chi connectivity index (χ1) is 8.52. The first kappa shape index (κ1) is 17.4. The van der Waals surface area contributed by atoms with E-state index in [0.717, 1.165) is 39.3 Å². The Kier molecular flexibility index (Phi) is 9.98. The number of hydrogen-bond donors (Lipinski definition) is 1. The van der Waals surface area contributed by atoms with E-state index in [4.69, 9.17) is 4.74 Å². The molecule has 0 radical (unpaired) electrons. The van der Waals surface area contributed by atoms with Crippen molar-refractivity contribution in [2.45, 2.75) is 47.1 Å². The van der Waals surface area contributed by atoms with Gasteiger partial charge in [-0.3, -0.25) is 4.79 Å². The van der Waals surface area contributed by atoms with Crippen LogP contribution in [0.15, 0.2) is 0 Å². The lowest BCUT2D eigenvalue weighted by molar-refractivity contribution is -0.132. The summed E-state index contributed by atoms with van der Waals surface area (Å²) in [5, 5.41) is 3.25. The summed E-state index contributed by atoms with van der Waals surface area (Å²) in [4.78, 5) is 13.8. The molecule has 0 aromatic rings. The van der Waals surface area contributed by atoms with Crippen molar-refractivity contribution in [1.29, 1.82) is 0 Å². The third kappa shape index (κ3) is 7.67. The lowest BCUT2D eigenvalue weighted by atomic mass is 10.2. The summed E-state index contributed by atoms with van der Waals surface area (Å²) in [6.07, 6.45) is 0.947. The predicted molar refractivity (Wildman–Crippen MR) is 75.7 cm³/mol. The number of nitrogens with zero attached hydrogens (tertiary/aromatic N) is 1. The van der Waals surface area contributed by atoms with Gasteiger partial charge in [0.25, 0.3) is 0 Å². The van der Waals surface area contributed by atoms with E-state index in [-0.39, 0.29) is 11.9 Å². The SMILES string of the molecule is CCN(CC)C(=O)C(C)NCCCOCC(C)C. The van der Waals surface area contributed by atoms with Crippen LogP contribution in [0, 0.1) is 5.92 Å². The number of carbonyl (C=O) groups is 1. The lowest BCUT2D eigenvalue weighted by Gasteiger charge is -2.23. The number of amides is 1. The van der Waals surface area contributed by atoms with E-state index in [9.17, 15) is 4.79 Å². The van der Waals surface area contributed by atoms with Gasteiger partial charge in [-0.15, -0.1) is 0 Å². The molecule has 0 aromatic carbocycles. The topological polar surface area (TPSA) is 41.6 Å². The molecular weight excluding hydrogens is 228 g/mol. The lowest BCUT2D eigenvalue weighted by Crippen LogP contribution is -2.45. The summed E-state index contributed by atoms with van der Waals surface area (Å²) < 4.78 is 5.49. The van der Waals surface area contributed by atoms with Gasteiger partial charge in [0, 0.05) is 26.3 Å². The molecule has 0 spiro atoms. The van der Waals surface area contributed by atoms with Gasteiger partial charge < -0.3 is 15.0 Å². The number of carbonyl (C=O) groups excluding carboxylic acids is 1. The molecule has 4 nitrogen and oxygen atoms in total. The second-order valence-electron chi connectivity index (χ2n) is 5.01. The van der Waals surface area contributed by atoms with E-state index in [2.05, 4.69) is 19.2 Å². The van der Waals surface area contributed by atoms with Crippen LogP contribution >= 0.6 is 0 Å². The maximum Gasteiger partial charge on any atom is 0.239 e. The smallest absolute Gasteiger partial charge is 0.239 e. The van der Waals surface area contributed by atoms with Crippen LogP contribution in [0.4, 0.5) is 0 Å². The molecule has 0 aliphatic heterocycles. The maximum atomic E-state index is 11.9. The second kappa shape index (κ2) is 10.3. The molecule has 18 heavy (non-hydrogen) atoms. The zero-order chi connectivity index (χ0) is 14.0. The summed E-state index contributed by atoms with van der Waals surface area (Å²) in [5.74, 6) is 0.768. The van der Waals surface area contributed by atoms with E-state index in [1.165, 1.54) is 0 Å². The Labute approximate surface area is 112 Å². The maximum absolute atomic E-state index is 11.9. The molecule has 0 rings (SSSR count). The minimum absolute atomic E-state index is 0.102. The van der Waals surface area contributed by atoms with Crippen LogP contribution in [-0.4, -0.2) is 49.7 Å². The Bertz CT molecular complexity index is 216. The second-order valence-corrected chi connectivity index (χ2v) is 5.01. The zero-order valence-electron chi connectivity index (χ0n) is 12.7. The Morgan fingerprint density at radius 2 is 1.83 bits per heavy atom. The summed E-state index contributed by atoms with van der Waals surface area (Å²) in [7, 11) is 0. The van der Waals surface area contributed by atoms with E-state index < -0.39 is 0 Å². The van der Waals surface area contributed by atoms with E-state index in [1.54, 1.807) is 0 Å². The van der Waals surface area contributed by atoms with Gasteiger partial charge in [-0.2, -0.15) is 0 Å². The highest BCUT2D eigenvalue weighted by Gasteiger charge is 2.16. The average Bonchev–Trinajstić information content (AvgIpc) is 2.34. The van der Waals surface area contributed by atoms with Gasteiger partial charge in [-0.05, 0) is 39.7 Å². The molecule has 0 saturated carbocycles. The molecule has 0 aliphatic carbocycles. The molecule has 0 aliphatic rings. The third-order valence-electron chi connectivity index (χ3n) is 2.81. The first-order valence-electron chi connectivity index (χ1n) is 7.12. The molecule has 1 unspecified atom stereocenters. The highest BCUT2D eigenvalue weighted by molar-refractivity contribution is 5.81. The average molecular weight is 258 g/mol. The monoisotopic (exact) mass is 258 g/mol. The summed E-state index contributed by atoms with van der Waals surface area (Å²) in [6.45, 7) is 14.2. The van der Waals surface area contributed by atoms with Crippen LogP contribution in [0.3, 0.4) is 0 Å². The largest absolute Gasteiger partial charge is 0.381 e. The molecule has 0 fully saturated rings. The van der Waals surface area contributed by atoms with Crippen molar-refractivity contribution in [1.82, 2.24) is 10.2 Å². The summed E-state index contributed by atoms with van der Waals surface area (Å²) in [5.41, 5.74) is 0. The van der Waals surface area contributed by atoms with E-state index >= 15 is 0 Å². The van der Waals surface area contributed by atoms with Crippen molar-refractivity contribution >= 4 is 5.91 Å². The van der Waals surface area contributed by atoms with Crippen molar-refractivity contribution in [2.75, 3.05) is 32.8 Å². The Balaban J connectivity index is 3.63. The van der Waals surface area contributed by atoms with Gasteiger partial charge in [0.15, 0.2) is 0 Å². The standard InChI is InChI=1S/C14H30N2O2/c1-6-16(7-2)14(17)13(5)15-9-8-10-18-11-12(3)4/h12-13,15H,6-11H2,1-5H3. The summed E-state index contributed by atoms with van der Waals surface area (Å²) in [6, 6.07) is -0.102. The van der Waals surface area contributed by atoms with Gasteiger partial charge in [0.1, 0.15) is 0 Å². The van der Waals surface area contributed by atoms with Gasteiger partial charge in [0.05, 0.1) is 6.04 Å². The zero-order valence-corrected chi connectivity index (χ0v) is 12.7. The van der Waals surface area contributed by atoms with Crippen LogP contribution in [0.1, 0.15) is 41.0 Å². The van der Waals surface area contributed by atoms with Crippen molar-refractivity contribution in [2.24, 2.45) is 5.92 Å².